The van der Waals surface area contributed by atoms with Gasteiger partial charge in [-0.3, -0.25) is 9.59 Å². The average Bonchev–Trinajstić information content (AvgIpc) is 2.13. The maximum Gasteiger partial charge on any atom is 0.238 e. The normalized spacial score (nSPS) is 14.6. The molecular weight excluding hydrogens is 200 g/mol. The van der Waals surface area contributed by atoms with Gasteiger partial charge in [0.15, 0.2) is 5.78 Å². The van der Waals surface area contributed by atoms with Gasteiger partial charge in [-0.15, -0.1) is 0 Å². The van der Waals surface area contributed by atoms with Gasteiger partial charge >= 0.3 is 0 Å². The quantitative estimate of drug-likeness (QED) is 0.660. The Kier molecular flexibility index (Phi) is 6.57. The van der Waals surface area contributed by atoms with Gasteiger partial charge in [0.05, 0.1) is 12.1 Å². The van der Waals surface area contributed by atoms with Crippen molar-refractivity contribution in [2.24, 2.45) is 0 Å². The maximum atomic E-state index is 11.5. The molecule has 0 saturated carbocycles. The van der Waals surface area contributed by atoms with E-state index in [4.69, 9.17) is 0 Å². The fourth-order valence-corrected chi connectivity index (χ4v) is 1.52. The minimum Gasteiger partial charge on any atom is -0.345 e. The van der Waals surface area contributed by atoms with E-state index in [0.717, 1.165) is 0 Å². The third kappa shape index (κ3) is 4.62. The molecule has 0 heterocycles. The number of ketones is 1. The molecule has 0 aromatic heterocycles. The van der Waals surface area contributed by atoms with Gasteiger partial charge in [0.1, 0.15) is 0 Å². The van der Waals surface area contributed by atoms with Crippen LogP contribution in [0.15, 0.2) is 0 Å². The number of Topliss-reactive ketones (excluding diaryl/α,β-unsaturated/α-hetero) is 1. The smallest absolute Gasteiger partial charge is 0.238 e. The molecule has 0 saturated heterocycles. The first-order valence-corrected chi connectivity index (χ1v) is 5.89. The standard InChI is InChI=1S/C9H18N2O2S/c1-6(7(2)12)11-9(13)8(10-3)5-14-4/h6,8,10H,5H2,1-4H3,(H,11,13). The molecule has 2 unspecified atom stereocenters. The number of carbonyl (C=O) groups is 2. The molecule has 4 nitrogen and oxygen atoms in total. The van der Waals surface area contributed by atoms with Crippen molar-refractivity contribution in [1.29, 1.82) is 0 Å². The van der Waals surface area contributed by atoms with Gasteiger partial charge in [-0.2, -0.15) is 11.8 Å². The number of rotatable bonds is 6. The van der Waals surface area contributed by atoms with Crippen LogP contribution in [0.2, 0.25) is 0 Å². The van der Waals surface area contributed by atoms with Crippen LogP contribution in [0.3, 0.4) is 0 Å². The topological polar surface area (TPSA) is 58.2 Å². The summed E-state index contributed by atoms with van der Waals surface area (Å²) < 4.78 is 0. The first-order chi connectivity index (χ1) is 6.52. The van der Waals surface area contributed by atoms with Crippen LogP contribution >= 0.6 is 11.8 Å². The molecule has 2 N–H and O–H groups in total. The summed E-state index contributed by atoms with van der Waals surface area (Å²) in [5.74, 6) is 0.550. The van der Waals surface area contributed by atoms with E-state index in [1.165, 1.54) is 6.92 Å². The number of amides is 1. The molecule has 0 aromatic carbocycles. The van der Waals surface area contributed by atoms with Crippen molar-refractivity contribution < 1.29 is 9.59 Å². The van der Waals surface area contributed by atoms with Crippen LogP contribution in [0.1, 0.15) is 13.8 Å². The zero-order valence-electron chi connectivity index (χ0n) is 9.09. The predicted octanol–water partition coefficient (Wildman–Crippen LogP) is 0.0311. The molecule has 82 valence electrons. The molecule has 1 amide bonds. The lowest BCUT2D eigenvalue weighted by molar-refractivity contribution is -0.127. The minimum atomic E-state index is -0.403. The zero-order valence-corrected chi connectivity index (χ0v) is 9.90. The Balaban J connectivity index is 4.09. The van der Waals surface area contributed by atoms with Crippen LogP contribution in [0.25, 0.3) is 0 Å². The van der Waals surface area contributed by atoms with Crippen molar-refractivity contribution in [3.8, 4) is 0 Å². The summed E-state index contributed by atoms with van der Waals surface area (Å²) in [7, 11) is 1.74. The van der Waals surface area contributed by atoms with E-state index < -0.39 is 6.04 Å². The van der Waals surface area contributed by atoms with Crippen LogP contribution in [0, 0.1) is 0 Å². The molecule has 0 bridgehead atoms. The lowest BCUT2D eigenvalue weighted by Crippen LogP contribution is -2.48. The number of carbonyl (C=O) groups excluding carboxylic acids is 2. The van der Waals surface area contributed by atoms with E-state index in [0.29, 0.717) is 5.75 Å². The summed E-state index contributed by atoms with van der Waals surface area (Å²) in [5.41, 5.74) is 0. The zero-order chi connectivity index (χ0) is 11.1. The summed E-state index contributed by atoms with van der Waals surface area (Å²) in [6, 6.07) is -0.632. The van der Waals surface area contributed by atoms with Crippen molar-refractivity contribution in [2.75, 3.05) is 19.1 Å². The summed E-state index contributed by atoms with van der Waals surface area (Å²) >= 11 is 1.59. The Morgan fingerprint density at radius 3 is 2.36 bits per heavy atom. The first-order valence-electron chi connectivity index (χ1n) is 4.50. The molecule has 0 aliphatic heterocycles. The van der Waals surface area contributed by atoms with E-state index in [2.05, 4.69) is 10.6 Å². The molecule has 0 fully saturated rings. The Labute approximate surface area is 89.2 Å². The van der Waals surface area contributed by atoms with Gasteiger partial charge in [0.25, 0.3) is 0 Å². The molecule has 14 heavy (non-hydrogen) atoms. The SMILES string of the molecule is CNC(CSC)C(=O)NC(C)C(C)=O. The van der Waals surface area contributed by atoms with Crippen LogP contribution in [-0.2, 0) is 9.59 Å². The van der Waals surface area contributed by atoms with Crippen LogP contribution < -0.4 is 10.6 Å². The Morgan fingerprint density at radius 1 is 1.43 bits per heavy atom. The Morgan fingerprint density at radius 2 is 2.00 bits per heavy atom. The third-order valence-corrected chi connectivity index (χ3v) is 2.63. The average molecular weight is 218 g/mol. The van der Waals surface area contributed by atoms with Crippen molar-refractivity contribution in [3.63, 3.8) is 0 Å². The summed E-state index contributed by atoms with van der Waals surface area (Å²) in [4.78, 5) is 22.4. The van der Waals surface area contributed by atoms with Gasteiger partial charge < -0.3 is 10.6 Å². The molecular formula is C9H18N2O2S. The van der Waals surface area contributed by atoms with Crippen LogP contribution in [0.5, 0.6) is 0 Å². The number of nitrogens with one attached hydrogen (secondary N) is 2. The number of hydrogen-bond acceptors (Lipinski definition) is 4. The van der Waals surface area contributed by atoms with E-state index >= 15 is 0 Å². The van der Waals surface area contributed by atoms with Gasteiger partial charge in [0.2, 0.25) is 5.91 Å². The number of likely N-dealkylation sites (N-methyl/N-ethyl adjacent to an activating group) is 1. The first kappa shape index (κ1) is 13.4. The highest BCUT2D eigenvalue weighted by molar-refractivity contribution is 7.98. The highest BCUT2D eigenvalue weighted by Crippen LogP contribution is 1.97. The fraction of sp³-hybridized carbons (Fsp3) is 0.778. The largest absolute Gasteiger partial charge is 0.345 e. The molecule has 0 spiro atoms. The third-order valence-electron chi connectivity index (χ3n) is 1.97. The molecule has 0 aliphatic carbocycles. The molecule has 5 heteroatoms. The second kappa shape index (κ2) is 6.84. The van der Waals surface area contributed by atoms with Crippen molar-refractivity contribution >= 4 is 23.5 Å². The molecule has 2 atom stereocenters. The highest BCUT2D eigenvalue weighted by Gasteiger charge is 2.18. The lowest BCUT2D eigenvalue weighted by atomic mass is 10.2. The predicted molar refractivity (Wildman–Crippen MR) is 59.5 cm³/mol. The second-order valence-electron chi connectivity index (χ2n) is 3.14. The Hall–Kier alpha value is -0.550. The van der Waals surface area contributed by atoms with Gasteiger partial charge in [-0.25, -0.2) is 0 Å². The molecule has 0 radical (unpaired) electrons. The molecule has 0 rings (SSSR count). The summed E-state index contributed by atoms with van der Waals surface area (Å²) in [6.45, 7) is 3.15. The van der Waals surface area contributed by atoms with Gasteiger partial charge in [-0.1, -0.05) is 0 Å². The number of thioether (sulfide) groups is 1. The molecule has 0 aromatic rings. The summed E-state index contributed by atoms with van der Waals surface area (Å²) in [6.07, 6.45) is 1.94. The van der Waals surface area contributed by atoms with Crippen molar-refractivity contribution in [2.45, 2.75) is 25.9 Å². The number of hydrogen-bond donors (Lipinski definition) is 2. The van der Waals surface area contributed by atoms with E-state index in [1.54, 1.807) is 25.7 Å². The maximum absolute atomic E-state index is 11.5. The monoisotopic (exact) mass is 218 g/mol. The van der Waals surface area contributed by atoms with Gasteiger partial charge in [0, 0.05) is 5.75 Å². The van der Waals surface area contributed by atoms with E-state index in [1.807, 2.05) is 6.26 Å². The Bertz CT molecular complexity index is 209. The van der Waals surface area contributed by atoms with Crippen molar-refractivity contribution in [1.82, 2.24) is 10.6 Å². The summed E-state index contributed by atoms with van der Waals surface area (Å²) in [5, 5.41) is 5.55. The second-order valence-corrected chi connectivity index (χ2v) is 4.05. The van der Waals surface area contributed by atoms with E-state index in [9.17, 15) is 9.59 Å². The van der Waals surface area contributed by atoms with E-state index in [-0.39, 0.29) is 17.7 Å². The fourth-order valence-electron chi connectivity index (χ4n) is 0.872. The van der Waals surface area contributed by atoms with Crippen molar-refractivity contribution in [3.05, 3.63) is 0 Å². The minimum absolute atomic E-state index is 0.0302. The highest BCUT2D eigenvalue weighted by atomic mass is 32.2. The molecule has 0 aliphatic rings. The van der Waals surface area contributed by atoms with Crippen LogP contribution in [-0.4, -0.2) is 42.8 Å². The van der Waals surface area contributed by atoms with Gasteiger partial charge in [-0.05, 0) is 27.2 Å². The van der Waals surface area contributed by atoms with Crippen LogP contribution in [0.4, 0.5) is 0 Å². The lowest BCUT2D eigenvalue weighted by Gasteiger charge is -2.17.